The van der Waals surface area contributed by atoms with Gasteiger partial charge in [0.25, 0.3) is 5.91 Å². The quantitative estimate of drug-likeness (QED) is 0.892. The number of nitrogen functional groups attached to an aromatic ring is 1. The third-order valence-corrected chi connectivity index (χ3v) is 4.09. The molecule has 0 fully saturated rings. The summed E-state index contributed by atoms with van der Waals surface area (Å²) < 4.78 is 0. The third kappa shape index (κ3) is 2.11. The van der Waals surface area contributed by atoms with Crippen LogP contribution in [0.5, 0.6) is 0 Å². The molecule has 0 aliphatic heterocycles. The Kier molecular flexibility index (Phi) is 3.38. The maximum atomic E-state index is 12.4. The SMILES string of the molecule is Cc1[nH]nc(N)c1C(=O)N(C)C(C)c1cccs1. The maximum Gasteiger partial charge on any atom is 0.259 e. The van der Waals surface area contributed by atoms with Gasteiger partial charge in [-0.15, -0.1) is 11.3 Å². The first-order valence-corrected chi connectivity index (χ1v) is 6.51. The Hall–Kier alpha value is -1.82. The lowest BCUT2D eigenvalue weighted by Gasteiger charge is -2.24. The summed E-state index contributed by atoms with van der Waals surface area (Å²) in [6.45, 7) is 3.79. The van der Waals surface area contributed by atoms with E-state index in [4.69, 9.17) is 5.73 Å². The van der Waals surface area contributed by atoms with Crippen LogP contribution in [0.1, 0.15) is 33.9 Å². The topological polar surface area (TPSA) is 75.0 Å². The van der Waals surface area contributed by atoms with Gasteiger partial charge in [0, 0.05) is 17.6 Å². The summed E-state index contributed by atoms with van der Waals surface area (Å²) in [6.07, 6.45) is 0. The summed E-state index contributed by atoms with van der Waals surface area (Å²) in [5.74, 6) is 0.141. The molecule has 3 N–H and O–H groups in total. The second kappa shape index (κ2) is 4.81. The molecule has 0 aromatic carbocycles. The van der Waals surface area contributed by atoms with Crippen molar-refractivity contribution in [3.63, 3.8) is 0 Å². The van der Waals surface area contributed by atoms with Crippen LogP contribution in [-0.2, 0) is 0 Å². The molecule has 18 heavy (non-hydrogen) atoms. The molecule has 0 saturated heterocycles. The number of rotatable bonds is 3. The largest absolute Gasteiger partial charge is 0.382 e. The summed E-state index contributed by atoms with van der Waals surface area (Å²) in [4.78, 5) is 15.2. The molecule has 0 aliphatic carbocycles. The molecule has 6 heteroatoms. The van der Waals surface area contributed by atoms with Crippen molar-refractivity contribution in [1.29, 1.82) is 0 Å². The Labute approximate surface area is 110 Å². The van der Waals surface area contributed by atoms with Gasteiger partial charge in [-0.05, 0) is 25.3 Å². The first-order chi connectivity index (χ1) is 8.52. The van der Waals surface area contributed by atoms with Crippen LogP contribution < -0.4 is 5.73 Å². The highest BCUT2D eigenvalue weighted by atomic mass is 32.1. The standard InChI is InChI=1S/C12H16N4OS/c1-7-10(11(13)15-14-7)12(17)16(3)8(2)9-5-4-6-18-9/h4-6,8H,1-3H3,(H3,13,14,15). The van der Waals surface area contributed by atoms with Gasteiger partial charge in [0.05, 0.1) is 6.04 Å². The molecule has 0 saturated carbocycles. The van der Waals surface area contributed by atoms with Gasteiger partial charge >= 0.3 is 0 Å². The van der Waals surface area contributed by atoms with Crippen molar-refractivity contribution in [2.45, 2.75) is 19.9 Å². The van der Waals surface area contributed by atoms with E-state index in [-0.39, 0.29) is 17.8 Å². The van der Waals surface area contributed by atoms with E-state index in [9.17, 15) is 4.79 Å². The molecule has 0 radical (unpaired) electrons. The molecule has 96 valence electrons. The van der Waals surface area contributed by atoms with Gasteiger partial charge in [0.1, 0.15) is 5.56 Å². The van der Waals surface area contributed by atoms with Crippen LogP contribution in [0, 0.1) is 6.92 Å². The highest BCUT2D eigenvalue weighted by Gasteiger charge is 2.24. The Balaban J connectivity index is 2.24. The Morgan fingerprint density at radius 1 is 1.61 bits per heavy atom. The average Bonchev–Trinajstić information content (AvgIpc) is 2.97. The predicted molar refractivity (Wildman–Crippen MR) is 72.6 cm³/mol. The maximum absolute atomic E-state index is 12.4. The summed E-state index contributed by atoms with van der Waals surface area (Å²) in [7, 11) is 1.78. The predicted octanol–water partition coefficient (Wildman–Crippen LogP) is 2.20. The highest BCUT2D eigenvalue weighted by molar-refractivity contribution is 7.10. The fourth-order valence-corrected chi connectivity index (χ4v) is 2.62. The monoisotopic (exact) mass is 264 g/mol. The van der Waals surface area contributed by atoms with Crippen molar-refractivity contribution >= 4 is 23.1 Å². The second-order valence-electron chi connectivity index (χ2n) is 4.22. The lowest BCUT2D eigenvalue weighted by Crippen LogP contribution is -2.30. The molecule has 2 rings (SSSR count). The minimum Gasteiger partial charge on any atom is -0.382 e. The van der Waals surface area contributed by atoms with Crippen molar-refractivity contribution in [2.75, 3.05) is 12.8 Å². The third-order valence-electron chi connectivity index (χ3n) is 3.05. The number of H-pyrrole nitrogens is 1. The molecule has 1 amide bonds. The number of nitrogens with two attached hydrogens (primary N) is 1. The van der Waals surface area contributed by atoms with Crippen LogP contribution in [0.15, 0.2) is 17.5 Å². The number of thiophene rings is 1. The molecular weight excluding hydrogens is 248 g/mol. The van der Waals surface area contributed by atoms with Gasteiger partial charge in [-0.2, -0.15) is 5.10 Å². The van der Waals surface area contributed by atoms with Crippen molar-refractivity contribution in [3.8, 4) is 0 Å². The van der Waals surface area contributed by atoms with E-state index in [1.807, 2.05) is 24.4 Å². The number of aromatic nitrogens is 2. The van der Waals surface area contributed by atoms with Gasteiger partial charge in [-0.25, -0.2) is 0 Å². The van der Waals surface area contributed by atoms with Crippen LogP contribution in [0.25, 0.3) is 0 Å². The summed E-state index contributed by atoms with van der Waals surface area (Å²) in [5.41, 5.74) is 6.87. The first-order valence-electron chi connectivity index (χ1n) is 5.63. The molecular formula is C12H16N4OS. The lowest BCUT2D eigenvalue weighted by atomic mass is 10.1. The normalized spacial score (nSPS) is 12.4. The number of hydrogen-bond acceptors (Lipinski definition) is 4. The van der Waals surface area contributed by atoms with E-state index >= 15 is 0 Å². The Morgan fingerprint density at radius 3 is 2.83 bits per heavy atom. The number of anilines is 1. The minimum atomic E-state index is -0.111. The van der Waals surface area contributed by atoms with E-state index in [0.29, 0.717) is 11.3 Å². The van der Waals surface area contributed by atoms with E-state index in [1.54, 1.807) is 30.2 Å². The van der Waals surface area contributed by atoms with Crippen molar-refractivity contribution in [2.24, 2.45) is 0 Å². The Bertz CT molecular complexity index is 527. The smallest absolute Gasteiger partial charge is 0.259 e. The van der Waals surface area contributed by atoms with Gasteiger partial charge in [0.2, 0.25) is 0 Å². The minimum absolute atomic E-state index is 0.0196. The molecule has 2 aromatic heterocycles. The molecule has 0 bridgehead atoms. The van der Waals surface area contributed by atoms with E-state index in [0.717, 1.165) is 4.88 Å². The molecule has 1 unspecified atom stereocenters. The van der Waals surface area contributed by atoms with E-state index < -0.39 is 0 Å². The fraction of sp³-hybridized carbons (Fsp3) is 0.333. The number of hydrogen-bond donors (Lipinski definition) is 2. The molecule has 1 atom stereocenters. The first kappa shape index (κ1) is 12.6. The molecule has 0 aliphatic rings. The number of carbonyl (C=O) groups is 1. The van der Waals surface area contributed by atoms with Crippen molar-refractivity contribution < 1.29 is 4.79 Å². The summed E-state index contributed by atoms with van der Waals surface area (Å²) >= 11 is 1.63. The molecule has 5 nitrogen and oxygen atoms in total. The van der Waals surface area contributed by atoms with E-state index in [1.165, 1.54) is 0 Å². The van der Waals surface area contributed by atoms with Gasteiger partial charge in [0.15, 0.2) is 5.82 Å². The number of aryl methyl sites for hydroxylation is 1. The number of carbonyl (C=O) groups excluding carboxylic acids is 1. The molecule has 2 aromatic rings. The van der Waals surface area contributed by atoms with Gasteiger partial charge in [-0.3, -0.25) is 9.89 Å². The second-order valence-corrected chi connectivity index (χ2v) is 5.20. The number of amides is 1. The molecule has 2 heterocycles. The van der Waals surface area contributed by atoms with E-state index in [2.05, 4.69) is 10.2 Å². The number of nitrogens with one attached hydrogen (secondary N) is 1. The van der Waals surface area contributed by atoms with Crippen LogP contribution in [0.3, 0.4) is 0 Å². The van der Waals surface area contributed by atoms with Crippen LogP contribution in [0.2, 0.25) is 0 Å². The zero-order valence-electron chi connectivity index (χ0n) is 10.6. The number of nitrogens with zero attached hydrogens (tertiary/aromatic N) is 2. The Morgan fingerprint density at radius 2 is 2.33 bits per heavy atom. The lowest BCUT2D eigenvalue weighted by molar-refractivity contribution is 0.0745. The highest BCUT2D eigenvalue weighted by Crippen LogP contribution is 2.26. The van der Waals surface area contributed by atoms with Crippen molar-refractivity contribution in [3.05, 3.63) is 33.6 Å². The van der Waals surface area contributed by atoms with Crippen LogP contribution in [0.4, 0.5) is 5.82 Å². The zero-order chi connectivity index (χ0) is 13.3. The summed E-state index contributed by atoms with van der Waals surface area (Å²) in [6, 6.07) is 4.02. The van der Waals surface area contributed by atoms with Crippen LogP contribution in [-0.4, -0.2) is 28.1 Å². The number of aromatic amines is 1. The van der Waals surface area contributed by atoms with Crippen LogP contribution >= 0.6 is 11.3 Å². The zero-order valence-corrected chi connectivity index (χ0v) is 11.4. The fourth-order valence-electron chi connectivity index (χ4n) is 1.79. The average molecular weight is 264 g/mol. The molecule has 0 spiro atoms. The van der Waals surface area contributed by atoms with Gasteiger partial charge < -0.3 is 10.6 Å². The van der Waals surface area contributed by atoms with Gasteiger partial charge in [-0.1, -0.05) is 6.07 Å². The summed E-state index contributed by atoms with van der Waals surface area (Å²) in [5, 5.41) is 8.58. The van der Waals surface area contributed by atoms with Crippen molar-refractivity contribution in [1.82, 2.24) is 15.1 Å².